The van der Waals surface area contributed by atoms with E-state index >= 15 is 0 Å². The number of ether oxygens (including phenoxy) is 3. The highest BCUT2D eigenvalue weighted by atomic mass is 127. The second-order valence-electron chi connectivity index (χ2n) is 15.4. The van der Waals surface area contributed by atoms with Crippen LogP contribution in [0.25, 0.3) is 0 Å². The van der Waals surface area contributed by atoms with Gasteiger partial charge < -0.3 is 30.2 Å². The number of halogens is 1. The molecular weight excluding hydrogens is 837 g/mol. The molecule has 1 aliphatic rings. The molecule has 0 radical (unpaired) electrons. The zero-order valence-corrected chi connectivity index (χ0v) is 38.0. The number of primary amides is 1. The number of esters is 2. The Morgan fingerprint density at radius 1 is 0.965 bits per heavy atom. The molecule has 0 saturated carbocycles. The molecule has 1 aliphatic heterocycles. The van der Waals surface area contributed by atoms with Crippen LogP contribution < -0.4 is 5.73 Å². The van der Waals surface area contributed by atoms with E-state index in [1.165, 1.54) is 23.8 Å². The highest BCUT2D eigenvalue weighted by Gasteiger charge is 2.25. The summed E-state index contributed by atoms with van der Waals surface area (Å²) >= 11 is 2.20. The fraction of sp³-hybridized carbons (Fsp3) is 0.565. The number of amides is 1. The van der Waals surface area contributed by atoms with Gasteiger partial charge in [0.2, 0.25) is 0 Å². The lowest BCUT2D eigenvalue weighted by molar-refractivity contribution is -0.157. The molecule has 0 fully saturated rings. The lowest BCUT2D eigenvalue weighted by atomic mass is 9.92. The van der Waals surface area contributed by atoms with Gasteiger partial charge in [-0.15, -0.1) is 0 Å². The predicted molar refractivity (Wildman–Crippen MR) is 238 cm³/mol. The fourth-order valence-electron chi connectivity index (χ4n) is 5.81. The average molecular weight is 908 g/mol. The molecule has 0 bridgehead atoms. The van der Waals surface area contributed by atoms with Crippen LogP contribution in [0.3, 0.4) is 0 Å². The number of hydrogen-bond donors (Lipinski definition) is 3. The van der Waals surface area contributed by atoms with E-state index in [2.05, 4.69) is 62.4 Å². The Kier molecular flexibility index (Phi) is 28.6. The van der Waals surface area contributed by atoms with Crippen LogP contribution in [0.5, 0.6) is 0 Å². The number of aliphatic hydroxyl groups is 2. The Labute approximate surface area is 356 Å². The van der Waals surface area contributed by atoms with Crippen molar-refractivity contribution in [2.45, 2.75) is 145 Å². The number of allylic oxidation sites excluding steroid dienone is 9. The van der Waals surface area contributed by atoms with Gasteiger partial charge in [-0.25, -0.2) is 9.59 Å². The van der Waals surface area contributed by atoms with E-state index in [1.54, 1.807) is 13.0 Å². The van der Waals surface area contributed by atoms with Crippen LogP contribution >= 0.6 is 22.6 Å². The second-order valence-corrected chi connectivity index (χ2v) is 16.1. The monoisotopic (exact) mass is 907 g/mol. The maximum Gasteiger partial charge on any atom is 0.404 e. The van der Waals surface area contributed by atoms with Crippen molar-refractivity contribution in [1.82, 2.24) is 0 Å². The molecule has 0 aromatic rings. The number of ketones is 1. The first kappa shape index (κ1) is 53.5. The molecule has 11 heteroatoms. The molecule has 4 N–H and O–H groups in total. The normalized spacial score (nSPS) is 25.2. The van der Waals surface area contributed by atoms with Crippen molar-refractivity contribution in [3.8, 4) is 0 Å². The third-order valence-electron chi connectivity index (χ3n) is 8.88. The van der Waals surface area contributed by atoms with Crippen molar-refractivity contribution in [1.29, 1.82) is 0 Å². The van der Waals surface area contributed by atoms with Crippen LogP contribution in [0.2, 0.25) is 0 Å². The standard InChI is InChI=1S/C31H45NO7.C15H25IO2/c1-22(13-11-14-25(4)33)20-24(3)29-21-23(2)12-7-5-9-16-28(39-31(32)37)27(35)19-18-26(34)15-8-6-10-17-30(36)38-29;1-10(2)14(18-15(17)11(3)4)13(6)9-12(5)7-8-16/h5,7,10-13,17-20,24,26-29,34-35H,6,8-9,14-16,21H2,1-4H3,(H2,32,37);7-11,13-14H,1-6H3/b7-5+,13-11+,17-10+,19-18+,22-20+,23-12+;8-7+,12-9+. The molecule has 57 heavy (non-hydrogen) atoms. The summed E-state index contributed by atoms with van der Waals surface area (Å²) in [5, 5.41) is 20.6. The van der Waals surface area contributed by atoms with E-state index in [0.29, 0.717) is 50.9 Å². The van der Waals surface area contributed by atoms with Gasteiger partial charge in [0.05, 0.1) is 12.0 Å². The Morgan fingerprint density at radius 2 is 1.63 bits per heavy atom. The van der Waals surface area contributed by atoms with Crippen LogP contribution in [-0.4, -0.2) is 64.5 Å². The third-order valence-corrected chi connectivity index (χ3v) is 9.24. The van der Waals surface area contributed by atoms with Crippen molar-refractivity contribution < 1.29 is 43.6 Å². The highest BCUT2D eigenvalue weighted by molar-refractivity contribution is 14.1. The average Bonchev–Trinajstić information content (AvgIpc) is 3.10. The first-order chi connectivity index (χ1) is 26.8. The van der Waals surface area contributed by atoms with E-state index in [9.17, 15) is 29.4 Å². The smallest absolute Gasteiger partial charge is 0.404 e. The van der Waals surface area contributed by atoms with Gasteiger partial charge in [0.15, 0.2) is 0 Å². The molecule has 0 saturated heterocycles. The molecule has 0 aromatic heterocycles. The summed E-state index contributed by atoms with van der Waals surface area (Å²) in [6.07, 6.45) is 20.9. The highest BCUT2D eigenvalue weighted by Crippen LogP contribution is 2.23. The van der Waals surface area contributed by atoms with Crippen LogP contribution in [-0.2, 0) is 28.6 Å². The SMILES string of the molecule is CC(/C=C/I)=C\C(C)C(OC(=O)C(C)C)C(C)C.CC(=O)C/C=C/C(C)=C/C(C)C1C/C(C)=C/C=C/CCC(OC(N)=O)C(O)/C=C/C(O)CCC/C=C/C(=O)O1. The number of carbonyl (C=O) groups excluding carboxylic acids is 4. The molecule has 10 nitrogen and oxygen atoms in total. The number of nitrogens with two attached hydrogens (primary N) is 1. The molecule has 1 amide bonds. The van der Waals surface area contributed by atoms with Crippen molar-refractivity contribution in [2.24, 2.45) is 29.4 Å². The minimum absolute atomic E-state index is 0.0579. The lowest BCUT2D eigenvalue weighted by Gasteiger charge is -2.26. The second kappa shape index (κ2) is 30.5. The van der Waals surface area contributed by atoms with E-state index in [0.717, 1.165) is 11.1 Å². The van der Waals surface area contributed by atoms with Gasteiger partial charge in [-0.3, -0.25) is 9.59 Å². The molecule has 0 spiro atoms. The molecule has 1 heterocycles. The predicted octanol–water partition coefficient (Wildman–Crippen LogP) is 9.91. The Balaban J connectivity index is 0.00000146. The summed E-state index contributed by atoms with van der Waals surface area (Å²) in [4.78, 5) is 46.8. The van der Waals surface area contributed by atoms with E-state index in [-0.39, 0.29) is 35.6 Å². The van der Waals surface area contributed by atoms with Crippen molar-refractivity contribution >= 4 is 46.4 Å². The van der Waals surface area contributed by atoms with Gasteiger partial charge >= 0.3 is 18.0 Å². The fourth-order valence-corrected chi connectivity index (χ4v) is 6.37. The maximum atomic E-state index is 12.6. The first-order valence-electron chi connectivity index (χ1n) is 20.0. The minimum Gasteiger partial charge on any atom is -0.461 e. The van der Waals surface area contributed by atoms with Crippen LogP contribution in [0.1, 0.15) is 114 Å². The molecule has 7 atom stereocenters. The number of carbonyl (C=O) groups is 4. The molecule has 0 aliphatic carbocycles. The van der Waals surface area contributed by atoms with Gasteiger partial charge in [0.25, 0.3) is 0 Å². The quantitative estimate of drug-likeness (QED) is 0.0569. The largest absolute Gasteiger partial charge is 0.461 e. The van der Waals surface area contributed by atoms with Gasteiger partial charge in [0.1, 0.15) is 30.2 Å². The zero-order valence-electron chi connectivity index (χ0n) is 35.9. The summed E-state index contributed by atoms with van der Waals surface area (Å²) in [6.45, 7) is 19.5. The Morgan fingerprint density at radius 3 is 2.23 bits per heavy atom. The van der Waals surface area contributed by atoms with Crippen molar-refractivity contribution in [3.05, 3.63) is 93.7 Å². The summed E-state index contributed by atoms with van der Waals surface area (Å²) < 4.78 is 18.5. The Bertz CT molecular complexity index is 1480. The minimum atomic E-state index is -1.10. The van der Waals surface area contributed by atoms with Crippen LogP contribution in [0.4, 0.5) is 4.79 Å². The number of Topliss-reactive ketones (excluding diaryl/α,β-unsaturated/α-hetero) is 1. The summed E-state index contributed by atoms with van der Waals surface area (Å²) in [7, 11) is 0. The molecule has 1 rings (SSSR count). The van der Waals surface area contributed by atoms with E-state index < -0.39 is 36.5 Å². The molecule has 0 aromatic carbocycles. The van der Waals surface area contributed by atoms with Gasteiger partial charge in [-0.1, -0.05) is 148 Å². The maximum absolute atomic E-state index is 12.6. The van der Waals surface area contributed by atoms with Crippen LogP contribution in [0.15, 0.2) is 93.7 Å². The first-order valence-corrected chi connectivity index (χ1v) is 21.2. The number of rotatable bonds is 12. The molecule has 320 valence electrons. The van der Waals surface area contributed by atoms with Crippen molar-refractivity contribution in [3.63, 3.8) is 0 Å². The number of hydrogen-bond acceptors (Lipinski definition) is 9. The van der Waals surface area contributed by atoms with Crippen LogP contribution in [0, 0.1) is 23.7 Å². The summed E-state index contributed by atoms with van der Waals surface area (Å²) in [6, 6.07) is 0. The van der Waals surface area contributed by atoms with E-state index in [1.807, 2.05) is 75.2 Å². The lowest BCUT2D eigenvalue weighted by Crippen LogP contribution is -2.32. The zero-order chi connectivity index (χ0) is 43.5. The Hall–Kier alpha value is -3.55. The van der Waals surface area contributed by atoms with E-state index in [4.69, 9.17) is 19.9 Å². The van der Waals surface area contributed by atoms with Gasteiger partial charge in [-0.05, 0) is 69.8 Å². The van der Waals surface area contributed by atoms with Crippen molar-refractivity contribution in [2.75, 3.05) is 0 Å². The summed E-state index contributed by atoms with van der Waals surface area (Å²) in [5.74, 6) is -0.0596. The third kappa shape index (κ3) is 26.9. The molecule has 7 unspecified atom stereocenters. The molecular formula is C46H70INO9. The van der Waals surface area contributed by atoms with Gasteiger partial charge in [0, 0.05) is 30.8 Å². The topological polar surface area (TPSA) is 162 Å². The van der Waals surface area contributed by atoms with Gasteiger partial charge in [-0.2, -0.15) is 0 Å². The number of cyclic esters (lactones) is 1. The number of aliphatic hydroxyl groups excluding tert-OH is 2. The summed E-state index contributed by atoms with van der Waals surface area (Å²) in [5.41, 5.74) is 8.35.